The molecule has 0 aromatic heterocycles. The number of unbranched alkanes of at least 4 members (excludes halogenated alkanes) is 1. The first-order valence-electron chi connectivity index (χ1n) is 5.70. The van der Waals surface area contributed by atoms with Gasteiger partial charge in [-0.3, -0.25) is 0 Å². The van der Waals surface area contributed by atoms with Gasteiger partial charge in [-0.2, -0.15) is 0 Å². The van der Waals surface area contributed by atoms with E-state index in [-0.39, 0.29) is 8.80 Å². The average Bonchev–Trinajstić information content (AvgIpc) is 2.05. The van der Waals surface area contributed by atoms with Gasteiger partial charge in [0.2, 0.25) is 0 Å². The first-order chi connectivity index (χ1) is 5.70. The third-order valence-electron chi connectivity index (χ3n) is 2.70. The summed E-state index contributed by atoms with van der Waals surface area (Å²) in [5.74, 6) is 1.04. The third-order valence-corrected chi connectivity index (χ3v) is 4.18. The minimum absolute atomic E-state index is 0.274. The monoisotopic (exact) mass is 186 g/mol. The molecule has 0 radical (unpaired) electrons. The van der Waals surface area contributed by atoms with Gasteiger partial charge in [0, 0.05) is 8.80 Å². The molecule has 0 saturated heterocycles. The maximum absolute atomic E-state index is 2.46. The van der Waals surface area contributed by atoms with Gasteiger partial charge in [-0.25, -0.2) is 0 Å². The predicted octanol–water partition coefficient (Wildman–Crippen LogP) is 4.08. The lowest BCUT2D eigenvalue weighted by molar-refractivity contribution is 0.437. The summed E-state index contributed by atoms with van der Waals surface area (Å²) in [6.07, 6.45) is 7.21. The van der Waals surface area contributed by atoms with Crippen molar-refractivity contribution in [1.82, 2.24) is 0 Å². The molecular formula is C11H26Si. The maximum atomic E-state index is 2.46. The minimum Gasteiger partial charge on any atom is -0.0722 e. The van der Waals surface area contributed by atoms with Crippen molar-refractivity contribution in [2.24, 2.45) is 5.92 Å². The fourth-order valence-corrected chi connectivity index (χ4v) is 2.75. The van der Waals surface area contributed by atoms with Crippen LogP contribution < -0.4 is 0 Å². The van der Waals surface area contributed by atoms with Crippen LogP contribution in [0.2, 0.25) is 19.1 Å². The first-order valence-corrected chi connectivity index (χ1v) is 8.83. The summed E-state index contributed by atoms with van der Waals surface area (Å²) in [6, 6.07) is 1.56. The Balaban J connectivity index is 3.39. The topological polar surface area (TPSA) is 0 Å². The highest BCUT2D eigenvalue weighted by Gasteiger charge is 2.06. The first kappa shape index (κ1) is 12.2. The van der Waals surface area contributed by atoms with Gasteiger partial charge in [-0.1, -0.05) is 65.1 Å². The van der Waals surface area contributed by atoms with Gasteiger partial charge in [0.1, 0.15) is 0 Å². The second-order valence-electron chi connectivity index (χ2n) is 4.39. The van der Waals surface area contributed by atoms with Crippen LogP contribution in [-0.2, 0) is 0 Å². The van der Waals surface area contributed by atoms with Crippen LogP contribution in [0, 0.1) is 5.92 Å². The molecule has 0 spiro atoms. The quantitative estimate of drug-likeness (QED) is 0.526. The molecule has 0 aromatic rings. The normalized spacial score (nSPS) is 13.8. The molecule has 74 valence electrons. The van der Waals surface area contributed by atoms with Gasteiger partial charge in [-0.15, -0.1) is 0 Å². The van der Waals surface area contributed by atoms with Crippen molar-refractivity contribution in [2.75, 3.05) is 0 Å². The highest BCUT2D eigenvalue weighted by molar-refractivity contribution is 6.55. The summed E-state index contributed by atoms with van der Waals surface area (Å²) in [6.45, 7) is 9.57. The van der Waals surface area contributed by atoms with Crippen molar-refractivity contribution >= 4 is 8.80 Å². The highest BCUT2D eigenvalue weighted by atomic mass is 28.3. The lowest BCUT2D eigenvalue weighted by Gasteiger charge is -2.14. The Morgan fingerprint density at radius 3 is 2.17 bits per heavy atom. The number of hydrogen-bond donors (Lipinski definition) is 0. The van der Waals surface area contributed by atoms with Crippen molar-refractivity contribution in [1.29, 1.82) is 0 Å². The Morgan fingerprint density at radius 2 is 1.75 bits per heavy atom. The van der Waals surface area contributed by atoms with Crippen LogP contribution in [-0.4, -0.2) is 8.80 Å². The lowest BCUT2D eigenvalue weighted by atomic mass is 9.97. The molecule has 0 saturated carbocycles. The van der Waals surface area contributed by atoms with E-state index in [0.717, 1.165) is 5.92 Å². The summed E-state index contributed by atoms with van der Waals surface area (Å²) in [5.41, 5.74) is 0. The van der Waals surface area contributed by atoms with E-state index in [2.05, 4.69) is 26.9 Å². The standard InChI is InChI=1S/C11H26Si/c1-5-7-8-11(6-2)9-10-12(3)4/h11-12H,5-10H2,1-4H3. The van der Waals surface area contributed by atoms with Crippen molar-refractivity contribution in [3.05, 3.63) is 0 Å². The molecule has 1 heteroatoms. The Hall–Kier alpha value is 0.217. The minimum atomic E-state index is -0.274. The second kappa shape index (κ2) is 7.84. The molecule has 1 unspecified atom stereocenters. The molecule has 1 atom stereocenters. The summed E-state index contributed by atoms with van der Waals surface area (Å²) < 4.78 is 0. The Labute approximate surface area is 80.4 Å². The summed E-state index contributed by atoms with van der Waals surface area (Å²) in [7, 11) is -0.274. The van der Waals surface area contributed by atoms with Gasteiger partial charge in [-0.05, 0) is 5.92 Å². The maximum Gasteiger partial charge on any atom is 0.0305 e. The average molecular weight is 186 g/mol. The Bertz CT molecular complexity index is 89.0. The molecular weight excluding hydrogens is 160 g/mol. The van der Waals surface area contributed by atoms with Crippen LogP contribution in [0.5, 0.6) is 0 Å². The van der Waals surface area contributed by atoms with E-state index in [1.165, 1.54) is 32.1 Å². The van der Waals surface area contributed by atoms with Gasteiger partial charge in [0.05, 0.1) is 0 Å². The van der Waals surface area contributed by atoms with Crippen molar-refractivity contribution in [3.8, 4) is 0 Å². The zero-order valence-corrected chi connectivity index (χ0v) is 10.6. The predicted molar refractivity (Wildman–Crippen MR) is 61.6 cm³/mol. The number of rotatable bonds is 7. The summed E-state index contributed by atoms with van der Waals surface area (Å²) in [5, 5.41) is 0. The van der Waals surface area contributed by atoms with Crippen molar-refractivity contribution in [2.45, 2.75) is 65.1 Å². The molecule has 0 aromatic carbocycles. The summed E-state index contributed by atoms with van der Waals surface area (Å²) >= 11 is 0. The van der Waals surface area contributed by atoms with Gasteiger partial charge in [0.25, 0.3) is 0 Å². The third kappa shape index (κ3) is 6.90. The fraction of sp³-hybridized carbons (Fsp3) is 1.00. The van der Waals surface area contributed by atoms with Crippen molar-refractivity contribution in [3.63, 3.8) is 0 Å². The van der Waals surface area contributed by atoms with Crippen LogP contribution >= 0.6 is 0 Å². The molecule has 0 amide bonds. The van der Waals surface area contributed by atoms with Crippen LogP contribution in [0.25, 0.3) is 0 Å². The summed E-state index contributed by atoms with van der Waals surface area (Å²) in [4.78, 5) is 0. The van der Waals surface area contributed by atoms with E-state index < -0.39 is 0 Å². The van der Waals surface area contributed by atoms with E-state index in [1.54, 1.807) is 6.04 Å². The molecule has 0 rings (SSSR count). The van der Waals surface area contributed by atoms with Crippen LogP contribution in [0.15, 0.2) is 0 Å². The zero-order chi connectivity index (χ0) is 9.40. The Kier molecular flexibility index (Phi) is 7.99. The second-order valence-corrected chi connectivity index (χ2v) is 7.75. The zero-order valence-electron chi connectivity index (χ0n) is 9.40. The molecule has 0 aliphatic heterocycles. The van der Waals surface area contributed by atoms with Crippen LogP contribution in [0.1, 0.15) is 46.0 Å². The molecule has 0 aliphatic rings. The van der Waals surface area contributed by atoms with E-state index in [4.69, 9.17) is 0 Å². The molecule has 0 aliphatic carbocycles. The number of hydrogen-bond acceptors (Lipinski definition) is 0. The van der Waals surface area contributed by atoms with E-state index in [9.17, 15) is 0 Å². The fourth-order valence-electron chi connectivity index (χ4n) is 1.61. The van der Waals surface area contributed by atoms with Crippen molar-refractivity contribution < 1.29 is 0 Å². The Morgan fingerprint density at radius 1 is 1.08 bits per heavy atom. The van der Waals surface area contributed by atoms with E-state index >= 15 is 0 Å². The van der Waals surface area contributed by atoms with E-state index in [0.29, 0.717) is 0 Å². The smallest absolute Gasteiger partial charge is 0.0305 e. The van der Waals surface area contributed by atoms with Crippen LogP contribution in [0.4, 0.5) is 0 Å². The SMILES string of the molecule is CCCCC(CC)CC[SiH](C)C. The molecule has 12 heavy (non-hydrogen) atoms. The largest absolute Gasteiger partial charge is 0.0722 e. The molecule has 0 fully saturated rings. The molecule has 0 bridgehead atoms. The molecule has 0 heterocycles. The lowest BCUT2D eigenvalue weighted by Crippen LogP contribution is -2.05. The van der Waals surface area contributed by atoms with Gasteiger partial charge in [0.15, 0.2) is 0 Å². The van der Waals surface area contributed by atoms with E-state index in [1.807, 2.05) is 0 Å². The van der Waals surface area contributed by atoms with Gasteiger partial charge >= 0.3 is 0 Å². The highest BCUT2D eigenvalue weighted by Crippen LogP contribution is 2.19. The van der Waals surface area contributed by atoms with Gasteiger partial charge < -0.3 is 0 Å². The van der Waals surface area contributed by atoms with Crippen LogP contribution in [0.3, 0.4) is 0 Å². The molecule has 0 nitrogen and oxygen atoms in total. The molecule has 0 N–H and O–H groups in total.